The van der Waals surface area contributed by atoms with Crippen molar-refractivity contribution in [2.24, 2.45) is 4.99 Å². The number of carbonyl (C=O) groups is 1. The summed E-state index contributed by atoms with van der Waals surface area (Å²) in [6.07, 6.45) is 1.79. The summed E-state index contributed by atoms with van der Waals surface area (Å²) in [4.78, 5) is 24.6. The number of hydrogen-bond acceptors (Lipinski definition) is 7. The van der Waals surface area contributed by atoms with E-state index in [2.05, 4.69) is 6.07 Å². The number of aliphatic imine (C=N–C) groups is 1. The van der Waals surface area contributed by atoms with Gasteiger partial charge in [0.15, 0.2) is 16.7 Å². The highest BCUT2D eigenvalue weighted by Gasteiger charge is 2.32. The van der Waals surface area contributed by atoms with Gasteiger partial charge in [0.05, 0.1) is 21.7 Å². The number of thioether (sulfide) groups is 1. The summed E-state index contributed by atoms with van der Waals surface area (Å²) < 4.78 is 12.0. The molecule has 2 aliphatic heterocycles. The fourth-order valence-electron chi connectivity index (χ4n) is 3.78. The van der Waals surface area contributed by atoms with Crippen molar-refractivity contribution < 1.29 is 14.3 Å². The fourth-order valence-corrected chi connectivity index (χ4v) is 5.76. The minimum absolute atomic E-state index is 0.159. The topological polar surface area (TPSA) is 64.0 Å². The second kappa shape index (κ2) is 8.62. The molecule has 0 aliphatic carbocycles. The molecule has 8 heteroatoms. The molecule has 0 radical (unpaired) electrons. The van der Waals surface area contributed by atoms with Crippen LogP contribution >= 0.6 is 23.1 Å². The average molecular weight is 486 g/mol. The van der Waals surface area contributed by atoms with E-state index in [4.69, 9.17) is 19.5 Å². The molecule has 0 bridgehead atoms. The predicted octanol–water partition coefficient (Wildman–Crippen LogP) is 6.01. The van der Waals surface area contributed by atoms with Crippen molar-refractivity contribution in [3.8, 4) is 11.5 Å². The molecule has 34 heavy (non-hydrogen) atoms. The molecule has 3 aromatic carbocycles. The normalized spacial score (nSPS) is 16.0. The first kappa shape index (κ1) is 20.9. The first-order valence-corrected chi connectivity index (χ1v) is 12.5. The van der Waals surface area contributed by atoms with E-state index in [1.54, 1.807) is 22.3 Å². The van der Waals surface area contributed by atoms with E-state index in [-0.39, 0.29) is 12.7 Å². The number of ether oxygens (including phenoxy) is 2. The van der Waals surface area contributed by atoms with E-state index in [0.717, 1.165) is 32.0 Å². The Labute approximate surface area is 204 Å². The summed E-state index contributed by atoms with van der Waals surface area (Å²) in [5, 5.41) is 1.64. The highest BCUT2D eigenvalue weighted by atomic mass is 32.2. The first-order chi connectivity index (χ1) is 16.6. The Hall–Kier alpha value is -3.62. The van der Waals surface area contributed by atoms with Crippen LogP contribution in [0.15, 0.2) is 77.4 Å². The molecule has 4 aromatic rings. The SMILES string of the molecule is Cc1ccc(N2C(=O)/C(=C\c3ccc4c(c3)OCO4)N=C2SCc2nc3ccccc3s2)cc1. The molecule has 6 rings (SSSR count). The van der Waals surface area contributed by atoms with Crippen LogP contribution in [0.3, 0.4) is 0 Å². The summed E-state index contributed by atoms with van der Waals surface area (Å²) in [5.41, 5.74) is 4.13. The van der Waals surface area contributed by atoms with E-state index < -0.39 is 0 Å². The van der Waals surface area contributed by atoms with Gasteiger partial charge < -0.3 is 9.47 Å². The number of fused-ring (bicyclic) bond motifs is 2. The molecule has 0 atom stereocenters. The standard InChI is InChI=1S/C26H19N3O3S2/c1-16-6-9-18(10-7-16)29-25(30)20(12-17-8-11-21-22(13-17)32-15-31-21)28-26(29)33-14-24-27-19-4-2-3-5-23(19)34-24/h2-13H,14-15H2,1H3/b20-12+. The van der Waals surface area contributed by atoms with Crippen molar-refractivity contribution in [2.75, 3.05) is 11.7 Å². The summed E-state index contributed by atoms with van der Waals surface area (Å²) in [5.74, 6) is 1.85. The van der Waals surface area contributed by atoms with Crippen molar-refractivity contribution in [2.45, 2.75) is 12.7 Å². The van der Waals surface area contributed by atoms with E-state index in [1.165, 1.54) is 11.8 Å². The highest BCUT2D eigenvalue weighted by Crippen LogP contribution is 2.35. The van der Waals surface area contributed by atoms with Crippen molar-refractivity contribution in [1.29, 1.82) is 0 Å². The number of para-hydroxylation sites is 1. The van der Waals surface area contributed by atoms with Crippen LogP contribution in [0.4, 0.5) is 5.69 Å². The molecule has 2 aliphatic rings. The first-order valence-electron chi connectivity index (χ1n) is 10.7. The monoisotopic (exact) mass is 485 g/mol. The van der Waals surface area contributed by atoms with E-state index in [9.17, 15) is 4.79 Å². The lowest BCUT2D eigenvalue weighted by Crippen LogP contribution is -2.30. The summed E-state index contributed by atoms with van der Waals surface area (Å²) in [6, 6.07) is 21.6. The molecule has 0 fully saturated rings. The minimum atomic E-state index is -0.159. The van der Waals surface area contributed by atoms with Gasteiger partial charge in [-0.3, -0.25) is 9.69 Å². The number of rotatable bonds is 4. The van der Waals surface area contributed by atoms with Crippen LogP contribution in [-0.4, -0.2) is 22.9 Å². The molecule has 168 valence electrons. The quantitative estimate of drug-likeness (QED) is 0.331. The maximum atomic E-state index is 13.5. The van der Waals surface area contributed by atoms with Gasteiger partial charge in [-0.15, -0.1) is 11.3 Å². The predicted molar refractivity (Wildman–Crippen MR) is 138 cm³/mol. The smallest absolute Gasteiger partial charge is 0.283 e. The number of amides is 1. The number of carbonyl (C=O) groups excluding carboxylic acids is 1. The van der Waals surface area contributed by atoms with Crippen LogP contribution in [0, 0.1) is 6.92 Å². The number of amidine groups is 1. The van der Waals surface area contributed by atoms with Gasteiger partial charge in [-0.25, -0.2) is 9.98 Å². The van der Waals surface area contributed by atoms with E-state index in [0.29, 0.717) is 28.1 Å². The van der Waals surface area contributed by atoms with Crippen LogP contribution in [0.2, 0.25) is 0 Å². The number of aromatic nitrogens is 1. The maximum Gasteiger partial charge on any atom is 0.283 e. The molecule has 0 saturated heterocycles. The fraction of sp³-hybridized carbons (Fsp3) is 0.115. The molecule has 3 heterocycles. The molecule has 1 amide bonds. The summed E-state index contributed by atoms with van der Waals surface area (Å²) >= 11 is 3.18. The van der Waals surface area contributed by atoms with Gasteiger partial charge in [0.1, 0.15) is 10.7 Å². The van der Waals surface area contributed by atoms with Gasteiger partial charge in [0, 0.05) is 0 Å². The lowest BCUT2D eigenvalue weighted by Gasteiger charge is -2.17. The number of aryl methyl sites for hydroxylation is 1. The van der Waals surface area contributed by atoms with Gasteiger partial charge in [0.25, 0.3) is 5.91 Å². The summed E-state index contributed by atoms with van der Waals surface area (Å²) in [6.45, 7) is 2.23. The second-order valence-corrected chi connectivity index (χ2v) is 9.93. The molecule has 1 aromatic heterocycles. The lowest BCUT2D eigenvalue weighted by molar-refractivity contribution is -0.113. The highest BCUT2D eigenvalue weighted by molar-refractivity contribution is 8.13. The van der Waals surface area contributed by atoms with E-state index >= 15 is 0 Å². The largest absolute Gasteiger partial charge is 0.454 e. The lowest BCUT2D eigenvalue weighted by atomic mass is 10.1. The molecular formula is C26H19N3O3S2. The Morgan fingerprint density at radius 3 is 2.74 bits per heavy atom. The van der Waals surface area contributed by atoms with Crippen molar-refractivity contribution in [1.82, 2.24) is 4.98 Å². The molecule has 0 N–H and O–H groups in total. The van der Waals surface area contributed by atoms with Crippen LogP contribution in [0.5, 0.6) is 11.5 Å². The molecular weight excluding hydrogens is 466 g/mol. The van der Waals surface area contributed by atoms with Crippen LogP contribution in [-0.2, 0) is 10.5 Å². The Balaban J connectivity index is 1.32. The maximum absolute atomic E-state index is 13.5. The van der Waals surface area contributed by atoms with Gasteiger partial charge in [-0.2, -0.15) is 0 Å². The zero-order valence-corrected chi connectivity index (χ0v) is 19.9. The Kier molecular flexibility index (Phi) is 5.31. The van der Waals surface area contributed by atoms with Crippen molar-refractivity contribution in [3.05, 3.63) is 88.6 Å². The average Bonchev–Trinajstić information content (AvgIpc) is 3.55. The molecule has 0 saturated carbocycles. The third-order valence-electron chi connectivity index (χ3n) is 5.48. The zero-order chi connectivity index (χ0) is 23.1. The number of thiazole rings is 1. The Bertz CT molecular complexity index is 1440. The number of anilines is 1. The Morgan fingerprint density at radius 1 is 1.06 bits per heavy atom. The summed E-state index contributed by atoms with van der Waals surface area (Å²) in [7, 11) is 0. The number of benzene rings is 3. The minimum Gasteiger partial charge on any atom is -0.454 e. The third-order valence-corrected chi connectivity index (χ3v) is 7.65. The molecule has 0 unspecified atom stereocenters. The van der Waals surface area contributed by atoms with Crippen LogP contribution in [0.25, 0.3) is 16.3 Å². The third kappa shape index (κ3) is 3.95. The number of hydrogen-bond donors (Lipinski definition) is 0. The molecule has 6 nitrogen and oxygen atoms in total. The van der Waals surface area contributed by atoms with Gasteiger partial charge in [-0.05, 0) is 55.0 Å². The van der Waals surface area contributed by atoms with E-state index in [1.807, 2.05) is 67.6 Å². The van der Waals surface area contributed by atoms with Gasteiger partial charge in [-0.1, -0.05) is 47.7 Å². The zero-order valence-electron chi connectivity index (χ0n) is 18.2. The number of nitrogens with zero attached hydrogens (tertiary/aromatic N) is 3. The Morgan fingerprint density at radius 2 is 1.88 bits per heavy atom. The van der Waals surface area contributed by atoms with Crippen LogP contribution in [0.1, 0.15) is 16.1 Å². The van der Waals surface area contributed by atoms with Gasteiger partial charge in [0.2, 0.25) is 6.79 Å². The second-order valence-electron chi connectivity index (χ2n) is 7.88. The van der Waals surface area contributed by atoms with Crippen molar-refractivity contribution in [3.63, 3.8) is 0 Å². The van der Waals surface area contributed by atoms with Crippen LogP contribution < -0.4 is 14.4 Å². The molecule has 0 spiro atoms. The van der Waals surface area contributed by atoms with Gasteiger partial charge >= 0.3 is 0 Å². The van der Waals surface area contributed by atoms with Crippen molar-refractivity contribution >= 4 is 56.2 Å².